The van der Waals surface area contributed by atoms with Crippen LogP contribution in [0.25, 0.3) is 0 Å². The summed E-state index contributed by atoms with van der Waals surface area (Å²) in [5.74, 6) is 0. The van der Waals surface area contributed by atoms with E-state index in [2.05, 4.69) is 4.18 Å². The van der Waals surface area contributed by atoms with Gasteiger partial charge in [0.05, 0.1) is 13.2 Å². The molecule has 1 saturated heterocycles. The molecule has 0 N–H and O–H groups in total. The number of carbonyl (C=O) groups excluding carboxylic acids is 1. The number of nitrogens with zero attached hydrogens (tertiary/aromatic N) is 1. The van der Waals surface area contributed by atoms with E-state index >= 15 is 0 Å². The van der Waals surface area contributed by atoms with Crippen molar-refractivity contribution in [1.29, 1.82) is 0 Å². The summed E-state index contributed by atoms with van der Waals surface area (Å²) < 4.78 is 36.5. The zero-order valence-electron chi connectivity index (χ0n) is 11.7. The lowest BCUT2D eigenvalue weighted by Gasteiger charge is -2.32. The lowest BCUT2D eigenvalue weighted by molar-refractivity contribution is 0.0122. The van der Waals surface area contributed by atoms with Crippen molar-refractivity contribution in [1.82, 2.24) is 4.90 Å². The summed E-state index contributed by atoms with van der Waals surface area (Å²) in [4.78, 5) is 13.3. The van der Waals surface area contributed by atoms with E-state index in [1.807, 2.05) is 0 Å². The van der Waals surface area contributed by atoms with Crippen LogP contribution in [0.5, 0.6) is 0 Å². The van der Waals surface area contributed by atoms with E-state index in [9.17, 15) is 13.2 Å². The molecule has 8 heteroatoms. The fraction of sp³-hybridized carbons (Fsp3) is 0.909. The third-order valence-electron chi connectivity index (χ3n) is 2.55. The predicted molar refractivity (Wildman–Crippen MR) is 67.8 cm³/mol. The van der Waals surface area contributed by atoms with Crippen molar-refractivity contribution < 1.29 is 26.3 Å². The smallest absolute Gasteiger partial charge is 0.410 e. The number of amides is 1. The van der Waals surface area contributed by atoms with Gasteiger partial charge in [-0.05, 0) is 33.6 Å². The standard InChI is InChI=1S/C11H21NO6S/c1-11(2,3)17-10(13)12-7-5-9(6-8-12)18-19(14,15)16-4/h9H,5-8H2,1-4H3. The molecule has 0 saturated carbocycles. The molecule has 0 atom stereocenters. The van der Waals surface area contributed by atoms with E-state index in [1.165, 1.54) is 0 Å². The highest BCUT2D eigenvalue weighted by Crippen LogP contribution is 2.18. The Labute approximate surface area is 114 Å². The van der Waals surface area contributed by atoms with Crippen molar-refractivity contribution in [2.75, 3.05) is 20.2 Å². The lowest BCUT2D eigenvalue weighted by atomic mass is 10.1. The second-order valence-corrected chi connectivity index (χ2v) is 6.68. The number of piperidine rings is 1. The molecule has 19 heavy (non-hydrogen) atoms. The monoisotopic (exact) mass is 295 g/mol. The van der Waals surface area contributed by atoms with Gasteiger partial charge >= 0.3 is 16.5 Å². The SMILES string of the molecule is COS(=O)(=O)OC1CCN(C(=O)OC(C)(C)C)CC1. The molecule has 1 fully saturated rings. The van der Waals surface area contributed by atoms with Gasteiger partial charge in [0.15, 0.2) is 0 Å². The summed E-state index contributed by atoms with van der Waals surface area (Å²) >= 11 is 0. The minimum Gasteiger partial charge on any atom is -0.444 e. The van der Waals surface area contributed by atoms with Gasteiger partial charge in [-0.25, -0.2) is 8.98 Å². The van der Waals surface area contributed by atoms with Crippen LogP contribution >= 0.6 is 0 Å². The van der Waals surface area contributed by atoms with Crippen LogP contribution in [0.4, 0.5) is 4.79 Å². The second-order valence-electron chi connectivity index (χ2n) is 5.34. The summed E-state index contributed by atoms with van der Waals surface area (Å²) in [6.07, 6.45) is 0.0214. The predicted octanol–water partition coefficient (Wildman–Crippen LogP) is 1.29. The fourth-order valence-corrected chi connectivity index (χ4v) is 2.27. The van der Waals surface area contributed by atoms with Gasteiger partial charge < -0.3 is 9.64 Å². The van der Waals surface area contributed by atoms with Gasteiger partial charge in [-0.15, -0.1) is 0 Å². The third-order valence-corrected chi connectivity index (χ3v) is 3.47. The van der Waals surface area contributed by atoms with Crippen LogP contribution in [-0.2, 0) is 23.5 Å². The van der Waals surface area contributed by atoms with Crippen molar-refractivity contribution in [3.8, 4) is 0 Å². The summed E-state index contributed by atoms with van der Waals surface area (Å²) in [5, 5.41) is 0. The maximum atomic E-state index is 11.8. The first-order valence-electron chi connectivity index (χ1n) is 6.10. The minimum absolute atomic E-state index is 0.388. The Balaban J connectivity index is 2.43. The molecular formula is C11H21NO6S. The highest BCUT2D eigenvalue weighted by atomic mass is 32.3. The summed E-state index contributed by atoms with van der Waals surface area (Å²) in [7, 11) is -2.87. The molecule has 0 radical (unpaired) electrons. The number of likely N-dealkylation sites (tertiary alicyclic amines) is 1. The molecule has 0 aromatic carbocycles. The molecule has 1 aliphatic rings. The van der Waals surface area contributed by atoms with Gasteiger partial charge in [0, 0.05) is 13.1 Å². The Morgan fingerprint density at radius 1 is 1.21 bits per heavy atom. The van der Waals surface area contributed by atoms with Crippen LogP contribution in [0.3, 0.4) is 0 Å². The van der Waals surface area contributed by atoms with E-state index in [-0.39, 0.29) is 6.09 Å². The highest BCUT2D eigenvalue weighted by Gasteiger charge is 2.29. The van der Waals surface area contributed by atoms with Gasteiger partial charge in [-0.1, -0.05) is 0 Å². The van der Waals surface area contributed by atoms with Crippen molar-refractivity contribution in [3.63, 3.8) is 0 Å². The van der Waals surface area contributed by atoms with Crippen LogP contribution in [0, 0.1) is 0 Å². The van der Waals surface area contributed by atoms with E-state index in [0.29, 0.717) is 25.9 Å². The Morgan fingerprint density at radius 3 is 2.16 bits per heavy atom. The molecule has 0 aromatic rings. The number of ether oxygens (including phenoxy) is 1. The number of carbonyl (C=O) groups is 1. The van der Waals surface area contributed by atoms with Gasteiger partial charge in [0.1, 0.15) is 5.60 Å². The summed E-state index contributed by atoms with van der Waals surface area (Å²) in [6.45, 7) is 6.20. The Bertz CT molecular complexity index is 405. The van der Waals surface area contributed by atoms with Gasteiger partial charge in [0.2, 0.25) is 0 Å². The molecule has 1 rings (SSSR count). The van der Waals surface area contributed by atoms with Crippen molar-refractivity contribution in [3.05, 3.63) is 0 Å². The molecule has 112 valence electrons. The molecule has 0 aromatic heterocycles. The molecule has 1 amide bonds. The first-order chi connectivity index (χ1) is 8.63. The third kappa shape index (κ3) is 5.75. The summed E-state index contributed by atoms with van der Waals surface area (Å²) in [6, 6.07) is 0. The highest BCUT2D eigenvalue weighted by molar-refractivity contribution is 7.81. The molecule has 7 nitrogen and oxygen atoms in total. The Morgan fingerprint density at radius 2 is 1.74 bits per heavy atom. The van der Waals surface area contributed by atoms with Crippen LogP contribution in [0.1, 0.15) is 33.6 Å². The zero-order valence-corrected chi connectivity index (χ0v) is 12.5. The van der Waals surface area contributed by atoms with Crippen LogP contribution in [0.2, 0.25) is 0 Å². The van der Waals surface area contributed by atoms with Crippen molar-refractivity contribution in [2.45, 2.75) is 45.3 Å². The molecule has 0 aliphatic carbocycles. The normalized spacial score (nSPS) is 18.4. The first kappa shape index (κ1) is 16.2. The van der Waals surface area contributed by atoms with Gasteiger partial charge in [0.25, 0.3) is 0 Å². The average Bonchev–Trinajstić information content (AvgIpc) is 2.27. The summed E-state index contributed by atoms with van der Waals surface area (Å²) in [5.41, 5.74) is -0.538. The quantitative estimate of drug-likeness (QED) is 0.780. The average molecular weight is 295 g/mol. The molecular weight excluding hydrogens is 274 g/mol. The maximum Gasteiger partial charge on any atom is 0.410 e. The van der Waals surface area contributed by atoms with Crippen LogP contribution in [0.15, 0.2) is 0 Å². The van der Waals surface area contributed by atoms with E-state index < -0.39 is 22.1 Å². The van der Waals surface area contributed by atoms with E-state index in [0.717, 1.165) is 7.11 Å². The minimum atomic E-state index is -3.92. The van der Waals surface area contributed by atoms with E-state index in [4.69, 9.17) is 8.92 Å². The molecule has 0 unspecified atom stereocenters. The molecule has 1 heterocycles. The maximum absolute atomic E-state index is 11.8. The topological polar surface area (TPSA) is 82.1 Å². The number of hydrogen-bond acceptors (Lipinski definition) is 6. The molecule has 0 bridgehead atoms. The van der Waals surface area contributed by atoms with Crippen molar-refractivity contribution in [2.24, 2.45) is 0 Å². The van der Waals surface area contributed by atoms with Crippen LogP contribution in [-0.4, -0.2) is 51.3 Å². The first-order valence-corrected chi connectivity index (χ1v) is 7.43. The van der Waals surface area contributed by atoms with Gasteiger partial charge in [-0.2, -0.15) is 8.42 Å². The molecule has 0 spiro atoms. The fourth-order valence-electron chi connectivity index (χ4n) is 1.67. The van der Waals surface area contributed by atoms with Crippen LogP contribution < -0.4 is 0 Å². The molecule has 1 aliphatic heterocycles. The van der Waals surface area contributed by atoms with E-state index in [1.54, 1.807) is 25.7 Å². The van der Waals surface area contributed by atoms with Gasteiger partial charge in [-0.3, -0.25) is 4.18 Å². The number of rotatable bonds is 3. The zero-order chi connectivity index (χ0) is 14.7. The number of hydrogen-bond donors (Lipinski definition) is 0. The Kier molecular flexibility index (Phi) is 5.17. The Hall–Kier alpha value is -0.860. The lowest BCUT2D eigenvalue weighted by Crippen LogP contribution is -2.43. The van der Waals surface area contributed by atoms with Crippen molar-refractivity contribution >= 4 is 16.5 Å². The largest absolute Gasteiger partial charge is 0.444 e. The second kappa shape index (κ2) is 6.06.